The second kappa shape index (κ2) is 11.6. The number of aliphatic hydroxyl groups excluding tert-OH is 1. The average molecular weight is 513 g/mol. The van der Waals surface area contributed by atoms with Crippen LogP contribution >= 0.6 is 0 Å². The number of alkyl halides is 3. The molecule has 37 heavy (non-hydrogen) atoms. The Labute approximate surface area is 212 Å². The van der Waals surface area contributed by atoms with E-state index in [-0.39, 0.29) is 31.6 Å². The van der Waals surface area contributed by atoms with Crippen LogP contribution in [0.5, 0.6) is 0 Å². The molecule has 4 rings (SSSR count). The normalized spacial score (nSPS) is 16.9. The molecule has 0 spiro atoms. The van der Waals surface area contributed by atoms with Crippen LogP contribution in [0.1, 0.15) is 34.8 Å². The number of morpholine rings is 1. The first-order valence-electron chi connectivity index (χ1n) is 11.9. The van der Waals surface area contributed by atoms with Crippen molar-refractivity contribution in [3.63, 3.8) is 0 Å². The predicted molar refractivity (Wildman–Crippen MR) is 131 cm³/mol. The zero-order valence-electron chi connectivity index (χ0n) is 19.9. The van der Waals surface area contributed by atoms with Crippen LogP contribution in [0.4, 0.5) is 18.9 Å². The molecule has 0 radical (unpaired) electrons. The third-order valence-electron chi connectivity index (χ3n) is 6.25. The smallest absolute Gasteiger partial charge is 0.386 e. The molecule has 0 aromatic heterocycles. The van der Waals surface area contributed by atoms with E-state index in [0.717, 1.165) is 17.7 Å². The number of hydrogen-bond acceptors (Lipinski definition) is 4. The molecule has 0 bridgehead atoms. The Morgan fingerprint density at radius 3 is 2.32 bits per heavy atom. The van der Waals surface area contributed by atoms with E-state index in [1.54, 1.807) is 24.3 Å². The number of carbonyl (C=O) groups is 2. The first kappa shape index (κ1) is 26.4. The predicted octanol–water partition coefficient (Wildman–Crippen LogP) is 4.74. The van der Waals surface area contributed by atoms with Crippen molar-refractivity contribution in [2.75, 3.05) is 18.5 Å². The van der Waals surface area contributed by atoms with E-state index in [1.807, 2.05) is 30.3 Å². The van der Waals surface area contributed by atoms with Crippen LogP contribution < -0.4 is 5.32 Å². The lowest BCUT2D eigenvalue weighted by atomic mass is 9.99. The Hall–Kier alpha value is -3.69. The quantitative estimate of drug-likeness (QED) is 0.457. The van der Waals surface area contributed by atoms with Gasteiger partial charge in [0.2, 0.25) is 11.8 Å². The van der Waals surface area contributed by atoms with E-state index in [1.165, 1.54) is 17.0 Å². The van der Waals surface area contributed by atoms with Crippen molar-refractivity contribution in [1.29, 1.82) is 0 Å². The lowest BCUT2D eigenvalue weighted by Crippen LogP contribution is -2.51. The number of anilines is 1. The molecule has 194 valence electrons. The second-order valence-corrected chi connectivity index (χ2v) is 8.90. The maximum Gasteiger partial charge on any atom is 0.416 e. The van der Waals surface area contributed by atoms with Crippen LogP contribution in [0.15, 0.2) is 78.9 Å². The third-order valence-corrected chi connectivity index (χ3v) is 6.25. The Morgan fingerprint density at radius 2 is 1.68 bits per heavy atom. The summed E-state index contributed by atoms with van der Waals surface area (Å²) in [6.45, 7) is -0.0546. The van der Waals surface area contributed by atoms with Gasteiger partial charge in [-0.1, -0.05) is 54.6 Å². The molecule has 1 fully saturated rings. The fourth-order valence-corrected chi connectivity index (χ4v) is 4.20. The Balaban J connectivity index is 1.38. The lowest BCUT2D eigenvalue weighted by Gasteiger charge is -2.38. The van der Waals surface area contributed by atoms with Gasteiger partial charge in [-0.15, -0.1) is 0 Å². The summed E-state index contributed by atoms with van der Waals surface area (Å²) >= 11 is 0. The Bertz CT molecular complexity index is 1200. The molecule has 3 aromatic rings. The van der Waals surface area contributed by atoms with Crippen molar-refractivity contribution in [2.24, 2.45) is 0 Å². The van der Waals surface area contributed by atoms with Gasteiger partial charge in [-0.3, -0.25) is 9.59 Å². The zero-order valence-corrected chi connectivity index (χ0v) is 19.9. The zero-order chi connectivity index (χ0) is 26.4. The van der Waals surface area contributed by atoms with E-state index in [9.17, 15) is 27.9 Å². The summed E-state index contributed by atoms with van der Waals surface area (Å²) in [7, 11) is 0. The fourth-order valence-electron chi connectivity index (χ4n) is 4.20. The summed E-state index contributed by atoms with van der Waals surface area (Å²) in [6.07, 6.45) is -4.59. The first-order chi connectivity index (χ1) is 17.7. The van der Waals surface area contributed by atoms with Crippen LogP contribution in [-0.4, -0.2) is 41.1 Å². The highest BCUT2D eigenvalue weighted by Crippen LogP contribution is 2.30. The van der Waals surface area contributed by atoms with Gasteiger partial charge < -0.3 is 20.1 Å². The highest BCUT2D eigenvalue weighted by Gasteiger charge is 2.35. The van der Waals surface area contributed by atoms with Crippen LogP contribution in [-0.2, 0) is 33.5 Å². The molecule has 2 N–H and O–H groups in total. The van der Waals surface area contributed by atoms with Gasteiger partial charge in [0.25, 0.3) is 0 Å². The number of ether oxygens (including phenoxy) is 1. The number of nitrogens with zero attached hydrogens (tertiary/aromatic N) is 1. The van der Waals surface area contributed by atoms with E-state index in [0.29, 0.717) is 29.7 Å². The molecule has 2 atom stereocenters. The van der Waals surface area contributed by atoms with E-state index < -0.39 is 23.9 Å². The third kappa shape index (κ3) is 6.96. The van der Waals surface area contributed by atoms with Gasteiger partial charge in [-0.2, -0.15) is 13.2 Å². The van der Waals surface area contributed by atoms with E-state index in [2.05, 4.69) is 5.32 Å². The number of hydrogen-bond donors (Lipinski definition) is 2. The minimum Gasteiger partial charge on any atom is -0.386 e. The highest BCUT2D eigenvalue weighted by atomic mass is 19.4. The van der Waals surface area contributed by atoms with Gasteiger partial charge in [-0.05, 0) is 47.4 Å². The number of amides is 2. The minimum atomic E-state index is -4.44. The molecule has 2 unspecified atom stereocenters. The first-order valence-corrected chi connectivity index (χ1v) is 11.9. The van der Waals surface area contributed by atoms with Crippen LogP contribution in [0, 0.1) is 0 Å². The number of benzene rings is 3. The summed E-state index contributed by atoms with van der Waals surface area (Å²) in [5.74, 6) is -0.497. The molecule has 1 saturated heterocycles. The number of carbonyl (C=O) groups excluding carboxylic acids is 2. The SMILES string of the molecule is O=C(CCc1ccccc1)Nc1ccc(C(O)C2COCC(=O)N2Cc2ccc(C(F)(F)F)cc2)cc1. The average Bonchev–Trinajstić information content (AvgIpc) is 2.89. The Morgan fingerprint density at radius 1 is 1.00 bits per heavy atom. The molecule has 1 aliphatic heterocycles. The van der Waals surface area contributed by atoms with Gasteiger partial charge in [0.05, 0.1) is 18.2 Å². The minimum absolute atomic E-state index is 0.0393. The van der Waals surface area contributed by atoms with E-state index in [4.69, 9.17) is 4.74 Å². The highest BCUT2D eigenvalue weighted by molar-refractivity contribution is 5.90. The van der Waals surface area contributed by atoms with Crippen molar-refractivity contribution in [3.05, 3.63) is 101 Å². The molecule has 2 amide bonds. The number of rotatable bonds is 8. The lowest BCUT2D eigenvalue weighted by molar-refractivity contribution is -0.155. The summed E-state index contributed by atoms with van der Waals surface area (Å²) in [5.41, 5.74) is 1.90. The van der Waals surface area contributed by atoms with Gasteiger partial charge in [0.1, 0.15) is 12.7 Å². The summed E-state index contributed by atoms with van der Waals surface area (Å²) in [4.78, 5) is 26.3. The number of aryl methyl sites for hydroxylation is 1. The Kier molecular flexibility index (Phi) is 8.25. The molecular formula is C28H27F3N2O4. The van der Waals surface area contributed by atoms with Gasteiger partial charge in [0, 0.05) is 18.7 Å². The summed E-state index contributed by atoms with van der Waals surface area (Å²) in [5, 5.41) is 13.9. The second-order valence-electron chi connectivity index (χ2n) is 8.90. The summed E-state index contributed by atoms with van der Waals surface area (Å²) in [6, 6.07) is 20.2. The van der Waals surface area contributed by atoms with Crippen molar-refractivity contribution in [3.8, 4) is 0 Å². The molecule has 0 aliphatic carbocycles. The van der Waals surface area contributed by atoms with Crippen molar-refractivity contribution < 1.29 is 32.6 Å². The van der Waals surface area contributed by atoms with Crippen LogP contribution in [0.3, 0.4) is 0 Å². The van der Waals surface area contributed by atoms with Gasteiger partial charge in [0.15, 0.2) is 0 Å². The maximum atomic E-state index is 12.9. The number of nitrogens with one attached hydrogen (secondary N) is 1. The topological polar surface area (TPSA) is 78.9 Å². The van der Waals surface area contributed by atoms with E-state index >= 15 is 0 Å². The molecular weight excluding hydrogens is 485 g/mol. The van der Waals surface area contributed by atoms with Crippen LogP contribution in [0.2, 0.25) is 0 Å². The molecule has 1 aliphatic rings. The standard InChI is InChI=1S/C28H27F3N2O4/c29-28(30,31)22-11-6-20(7-12-22)16-33-24(17-37-18-26(33)35)27(36)21-9-13-23(14-10-21)32-25(34)15-8-19-4-2-1-3-5-19/h1-7,9-14,24,27,36H,8,15-18H2,(H,32,34). The van der Waals surface area contributed by atoms with Crippen molar-refractivity contribution in [2.45, 2.75) is 37.7 Å². The maximum absolute atomic E-state index is 12.9. The molecule has 9 heteroatoms. The van der Waals surface area contributed by atoms with Crippen LogP contribution in [0.25, 0.3) is 0 Å². The monoisotopic (exact) mass is 512 g/mol. The number of halogens is 3. The largest absolute Gasteiger partial charge is 0.416 e. The van der Waals surface area contributed by atoms with Crippen molar-refractivity contribution in [1.82, 2.24) is 4.90 Å². The number of aliphatic hydroxyl groups is 1. The van der Waals surface area contributed by atoms with Crippen molar-refractivity contribution >= 4 is 17.5 Å². The molecule has 6 nitrogen and oxygen atoms in total. The molecule has 3 aromatic carbocycles. The molecule has 1 heterocycles. The van der Waals surface area contributed by atoms with Gasteiger partial charge >= 0.3 is 6.18 Å². The molecule has 0 saturated carbocycles. The summed E-state index contributed by atoms with van der Waals surface area (Å²) < 4.78 is 43.9. The van der Waals surface area contributed by atoms with Gasteiger partial charge in [-0.25, -0.2) is 0 Å². The fraction of sp³-hybridized carbons (Fsp3) is 0.286.